The molecule has 0 aliphatic heterocycles. The van der Waals surface area contributed by atoms with Gasteiger partial charge in [-0.3, -0.25) is 4.40 Å². The van der Waals surface area contributed by atoms with Crippen LogP contribution in [0, 0.1) is 11.3 Å². The van der Waals surface area contributed by atoms with E-state index in [2.05, 4.69) is 11.1 Å². The topological polar surface area (TPSA) is 41.1 Å². The van der Waals surface area contributed by atoms with E-state index in [1.54, 1.807) is 0 Å². The molecule has 0 aliphatic rings. The molecule has 3 aromatic rings. The Bertz CT molecular complexity index is 673. The summed E-state index contributed by atoms with van der Waals surface area (Å²) in [5.74, 6) is 0. The first-order valence-corrected chi connectivity index (χ1v) is 5.69. The summed E-state index contributed by atoms with van der Waals surface area (Å²) in [7, 11) is 0. The van der Waals surface area contributed by atoms with E-state index in [9.17, 15) is 5.26 Å². The lowest BCUT2D eigenvalue weighted by Gasteiger charge is -1.95. The predicted octanol–water partition coefficient (Wildman–Crippen LogP) is 2.93. The van der Waals surface area contributed by atoms with Gasteiger partial charge in [0.25, 0.3) is 0 Å². The van der Waals surface area contributed by atoms with Crippen molar-refractivity contribution in [1.29, 1.82) is 5.26 Å². The highest BCUT2D eigenvalue weighted by atomic mass is 32.1. The molecule has 0 aliphatic carbocycles. The van der Waals surface area contributed by atoms with Crippen molar-refractivity contribution in [2.24, 2.45) is 0 Å². The van der Waals surface area contributed by atoms with Crippen molar-refractivity contribution in [2.45, 2.75) is 0 Å². The van der Waals surface area contributed by atoms with Crippen LogP contribution >= 0.6 is 11.3 Å². The average molecular weight is 225 g/mol. The molecule has 2 aromatic heterocycles. The standard InChI is InChI=1S/C12H7N3S/c13-8-10-11(9-4-2-1-3-5-9)14-12-15(10)6-7-16-12/h1-7H. The minimum Gasteiger partial charge on any atom is -0.281 e. The molecule has 2 heterocycles. The summed E-state index contributed by atoms with van der Waals surface area (Å²) in [5.41, 5.74) is 2.34. The van der Waals surface area contributed by atoms with E-state index in [-0.39, 0.29) is 0 Å². The lowest BCUT2D eigenvalue weighted by atomic mass is 10.1. The number of hydrogen-bond acceptors (Lipinski definition) is 3. The van der Waals surface area contributed by atoms with Crippen LogP contribution in [-0.4, -0.2) is 9.38 Å². The van der Waals surface area contributed by atoms with Crippen molar-refractivity contribution >= 4 is 16.3 Å². The van der Waals surface area contributed by atoms with Gasteiger partial charge >= 0.3 is 0 Å². The molecule has 3 nitrogen and oxygen atoms in total. The molecule has 0 N–H and O–H groups in total. The first-order valence-electron chi connectivity index (χ1n) is 4.81. The number of aromatic nitrogens is 2. The predicted molar refractivity (Wildman–Crippen MR) is 63.2 cm³/mol. The first kappa shape index (κ1) is 9.13. The van der Waals surface area contributed by atoms with Gasteiger partial charge in [-0.2, -0.15) is 5.26 Å². The van der Waals surface area contributed by atoms with E-state index >= 15 is 0 Å². The molecule has 4 heteroatoms. The summed E-state index contributed by atoms with van der Waals surface area (Å²) in [6.45, 7) is 0. The van der Waals surface area contributed by atoms with Gasteiger partial charge in [0.05, 0.1) is 0 Å². The number of nitriles is 1. The third kappa shape index (κ3) is 1.23. The third-order valence-corrected chi connectivity index (χ3v) is 3.17. The molecule has 1 aromatic carbocycles. The minimum atomic E-state index is 0.599. The number of thiazole rings is 1. The van der Waals surface area contributed by atoms with Crippen LogP contribution in [0.5, 0.6) is 0 Å². The van der Waals surface area contributed by atoms with Crippen LogP contribution in [0.4, 0.5) is 0 Å². The maximum Gasteiger partial charge on any atom is 0.195 e. The average Bonchev–Trinajstić information content (AvgIpc) is 2.89. The molecule has 0 fully saturated rings. The SMILES string of the molecule is N#Cc1c(-c2ccccc2)nc2sccn12. The fourth-order valence-electron chi connectivity index (χ4n) is 1.69. The van der Waals surface area contributed by atoms with Crippen molar-refractivity contribution in [2.75, 3.05) is 0 Å². The van der Waals surface area contributed by atoms with E-state index < -0.39 is 0 Å². The van der Waals surface area contributed by atoms with E-state index in [0.717, 1.165) is 16.2 Å². The lowest BCUT2D eigenvalue weighted by molar-refractivity contribution is 1.19. The molecule has 76 valence electrons. The Kier molecular flexibility index (Phi) is 1.98. The first-order chi connectivity index (χ1) is 7.90. The number of hydrogen-bond donors (Lipinski definition) is 0. The molecule has 0 saturated carbocycles. The van der Waals surface area contributed by atoms with Crippen LogP contribution in [0.3, 0.4) is 0 Å². The Balaban J connectivity index is 2.32. The van der Waals surface area contributed by atoms with Crippen LogP contribution in [0.2, 0.25) is 0 Å². The van der Waals surface area contributed by atoms with E-state index in [1.165, 1.54) is 11.3 Å². The van der Waals surface area contributed by atoms with Crippen molar-refractivity contribution in [3.05, 3.63) is 47.6 Å². The quantitative estimate of drug-likeness (QED) is 0.639. The lowest BCUT2D eigenvalue weighted by Crippen LogP contribution is -1.85. The monoisotopic (exact) mass is 225 g/mol. The molecule has 0 bridgehead atoms. The zero-order valence-corrected chi connectivity index (χ0v) is 9.11. The highest BCUT2D eigenvalue weighted by Gasteiger charge is 2.13. The van der Waals surface area contributed by atoms with Crippen molar-refractivity contribution in [1.82, 2.24) is 9.38 Å². The van der Waals surface area contributed by atoms with Gasteiger partial charge in [-0.1, -0.05) is 30.3 Å². The molecule has 0 atom stereocenters. The molecule has 0 unspecified atom stereocenters. The second-order valence-corrected chi connectivity index (χ2v) is 4.22. The van der Waals surface area contributed by atoms with Gasteiger partial charge in [0, 0.05) is 17.1 Å². The van der Waals surface area contributed by atoms with E-state index in [0.29, 0.717) is 5.69 Å². The van der Waals surface area contributed by atoms with Gasteiger partial charge in [0.15, 0.2) is 10.7 Å². The highest BCUT2D eigenvalue weighted by Crippen LogP contribution is 2.25. The number of benzene rings is 1. The second-order valence-electron chi connectivity index (χ2n) is 3.34. The Hall–Kier alpha value is -2.12. The largest absolute Gasteiger partial charge is 0.281 e. The Labute approximate surface area is 96.2 Å². The van der Waals surface area contributed by atoms with Crippen LogP contribution in [0.15, 0.2) is 41.9 Å². The Morgan fingerprint density at radius 1 is 1.25 bits per heavy atom. The molecule has 3 rings (SSSR count). The van der Waals surface area contributed by atoms with Crippen molar-refractivity contribution < 1.29 is 0 Å². The van der Waals surface area contributed by atoms with Gasteiger partial charge in [-0.05, 0) is 0 Å². The smallest absolute Gasteiger partial charge is 0.195 e. The number of imidazole rings is 1. The number of fused-ring (bicyclic) bond motifs is 1. The number of rotatable bonds is 1. The summed E-state index contributed by atoms with van der Waals surface area (Å²) in [6.07, 6.45) is 1.87. The van der Waals surface area contributed by atoms with E-state index in [4.69, 9.17) is 0 Å². The maximum atomic E-state index is 9.18. The van der Waals surface area contributed by atoms with Gasteiger partial charge in [-0.25, -0.2) is 4.98 Å². The molecule has 0 radical (unpaired) electrons. The fraction of sp³-hybridized carbons (Fsp3) is 0. The minimum absolute atomic E-state index is 0.599. The van der Waals surface area contributed by atoms with Crippen LogP contribution in [-0.2, 0) is 0 Å². The zero-order chi connectivity index (χ0) is 11.0. The van der Waals surface area contributed by atoms with Gasteiger partial charge in [-0.15, -0.1) is 11.3 Å². The van der Waals surface area contributed by atoms with Crippen molar-refractivity contribution in [3.63, 3.8) is 0 Å². The van der Waals surface area contributed by atoms with Gasteiger partial charge < -0.3 is 0 Å². The normalized spacial score (nSPS) is 10.4. The Morgan fingerprint density at radius 2 is 2.06 bits per heavy atom. The van der Waals surface area contributed by atoms with Crippen LogP contribution in [0.1, 0.15) is 5.69 Å². The third-order valence-electron chi connectivity index (χ3n) is 2.42. The summed E-state index contributed by atoms with van der Waals surface area (Å²) in [5, 5.41) is 11.1. The zero-order valence-electron chi connectivity index (χ0n) is 8.29. The summed E-state index contributed by atoms with van der Waals surface area (Å²) < 4.78 is 1.83. The van der Waals surface area contributed by atoms with Crippen LogP contribution < -0.4 is 0 Å². The number of nitrogens with zero attached hydrogens (tertiary/aromatic N) is 3. The van der Waals surface area contributed by atoms with Gasteiger partial charge in [0.2, 0.25) is 0 Å². The molecule has 0 amide bonds. The summed E-state index contributed by atoms with van der Waals surface area (Å²) >= 11 is 1.53. The molecule has 0 saturated heterocycles. The molecular formula is C12H7N3S. The molecule has 16 heavy (non-hydrogen) atoms. The Morgan fingerprint density at radius 3 is 2.81 bits per heavy atom. The van der Waals surface area contributed by atoms with Crippen molar-refractivity contribution in [3.8, 4) is 17.3 Å². The summed E-state index contributed by atoms with van der Waals surface area (Å²) in [6, 6.07) is 12.0. The molecule has 0 spiro atoms. The molecular weight excluding hydrogens is 218 g/mol. The second kappa shape index (κ2) is 3.47. The van der Waals surface area contributed by atoms with Gasteiger partial charge in [0.1, 0.15) is 11.8 Å². The maximum absolute atomic E-state index is 9.18. The fourth-order valence-corrected chi connectivity index (χ4v) is 2.40. The van der Waals surface area contributed by atoms with Crippen LogP contribution in [0.25, 0.3) is 16.2 Å². The highest BCUT2D eigenvalue weighted by molar-refractivity contribution is 7.15. The summed E-state index contributed by atoms with van der Waals surface area (Å²) in [4.78, 5) is 5.33. The van der Waals surface area contributed by atoms with E-state index in [1.807, 2.05) is 46.3 Å².